The number of carbonyl (C=O) groups excluding carboxylic acids is 1. The lowest BCUT2D eigenvalue weighted by Gasteiger charge is -2.19. The maximum Gasteiger partial charge on any atom is 0.333 e. The zero-order valence-corrected chi connectivity index (χ0v) is 19.9. The topological polar surface area (TPSA) is 88.4 Å². The molecular weight excluding hydrogens is 426 g/mol. The van der Waals surface area contributed by atoms with Crippen molar-refractivity contribution in [2.75, 3.05) is 30.9 Å². The molecule has 8 heteroatoms. The van der Waals surface area contributed by atoms with E-state index >= 15 is 0 Å². The first-order chi connectivity index (χ1) is 15.1. The number of nitrogens with zero attached hydrogens (tertiary/aromatic N) is 3. The van der Waals surface area contributed by atoms with Gasteiger partial charge < -0.3 is 9.64 Å². The van der Waals surface area contributed by atoms with Crippen molar-refractivity contribution in [1.82, 2.24) is 0 Å². The standard InChI is InChI=1S/C24H31N3O4S/c1-6-19(4)17-32(29,30)23-13-9-21(10-14-23)26-25-20-7-11-22(12-8-20)27(5)15-16-31-24(28)18(2)3/h7-14,19H,2,6,15-17H2,1,3-5H3/b26-25+. The van der Waals surface area contributed by atoms with Crippen LogP contribution in [0.15, 0.2) is 75.8 Å². The number of hydrogen-bond donors (Lipinski definition) is 0. The van der Waals surface area contributed by atoms with E-state index in [0.717, 1.165) is 12.1 Å². The molecule has 0 aliphatic heterocycles. The smallest absolute Gasteiger partial charge is 0.333 e. The minimum absolute atomic E-state index is 0.118. The number of benzene rings is 2. The van der Waals surface area contributed by atoms with Gasteiger partial charge in [0.2, 0.25) is 0 Å². The van der Waals surface area contributed by atoms with Gasteiger partial charge >= 0.3 is 5.97 Å². The van der Waals surface area contributed by atoms with Crippen molar-refractivity contribution >= 4 is 32.9 Å². The Bertz CT molecular complexity index is 1050. The Morgan fingerprint density at radius 1 is 1.06 bits per heavy atom. The summed E-state index contributed by atoms with van der Waals surface area (Å²) in [4.78, 5) is 13.7. The van der Waals surface area contributed by atoms with Crippen LogP contribution in [0.1, 0.15) is 27.2 Å². The number of sulfone groups is 1. The lowest BCUT2D eigenvalue weighted by atomic mass is 10.2. The van der Waals surface area contributed by atoms with Crippen LogP contribution < -0.4 is 4.90 Å². The maximum atomic E-state index is 12.4. The Balaban J connectivity index is 1.95. The molecule has 2 rings (SSSR count). The van der Waals surface area contributed by atoms with Crippen LogP contribution in [-0.4, -0.2) is 40.3 Å². The summed E-state index contributed by atoms with van der Waals surface area (Å²) in [6.45, 7) is 9.90. The van der Waals surface area contributed by atoms with Crippen molar-refractivity contribution < 1.29 is 17.9 Å². The molecular formula is C24H31N3O4S. The predicted octanol–water partition coefficient (Wildman–Crippen LogP) is 5.48. The molecule has 0 bridgehead atoms. The van der Waals surface area contributed by atoms with Crippen molar-refractivity contribution in [3.05, 3.63) is 60.7 Å². The Labute approximate surface area is 190 Å². The zero-order chi connectivity index (χ0) is 23.7. The van der Waals surface area contributed by atoms with E-state index in [0.29, 0.717) is 28.4 Å². The van der Waals surface area contributed by atoms with Crippen molar-refractivity contribution in [3.8, 4) is 0 Å². The van der Waals surface area contributed by atoms with E-state index in [9.17, 15) is 13.2 Å². The molecule has 2 aromatic rings. The van der Waals surface area contributed by atoms with Gasteiger partial charge in [0.1, 0.15) is 6.61 Å². The maximum absolute atomic E-state index is 12.4. The summed E-state index contributed by atoms with van der Waals surface area (Å²) in [5.41, 5.74) is 2.58. The highest BCUT2D eigenvalue weighted by Crippen LogP contribution is 2.24. The fourth-order valence-corrected chi connectivity index (χ4v) is 4.45. The molecule has 0 heterocycles. The highest BCUT2D eigenvalue weighted by atomic mass is 32.2. The van der Waals surface area contributed by atoms with E-state index in [1.165, 1.54) is 0 Å². The molecule has 1 unspecified atom stereocenters. The minimum atomic E-state index is -3.29. The minimum Gasteiger partial charge on any atom is -0.460 e. The number of azo groups is 1. The summed E-state index contributed by atoms with van der Waals surface area (Å²) in [6, 6.07) is 13.9. The van der Waals surface area contributed by atoms with Gasteiger partial charge in [0, 0.05) is 18.3 Å². The zero-order valence-electron chi connectivity index (χ0n) is 19.1. The molecule has 0 spiro atoms. The predicted molar refractivity (Wildman–Crippen MR) is 128 cm³/mol. The van der Waals surface area contributed by atoms with E-state index in [4.69, 9.17) is 4.74 Å². The summed E-state index contributed by atoms with van der Waals surface area (Å²) in [6.07, 6.45) is 0.822. The fourth-order valence-electron chi connectivity index (χ4n) is 2.73. The van der Waals surface area contributed by atoms with E-state index in [-0.39, 0.29) is 18.3 Å². The van der Waals surface area contributed by atoms with Gasteiger partial charge in [-0.2, -0.15) is 10.2 Å². The van der Waals surface area contributed by atoms with Crippen LogP contribution >= 0.6 is 0 Å². The number of ether oxygens (including phenoxy) is 1. The van der Waals surface area contributed by atoms with Gasteiger partial charge in [0.25, 0.3) is 0 Å². The molecule has 0 N–H and O–H groups in total. The summed E-state index contributed by atoms with van der Waals surface area (Å²) in [7, 11) is -1.39. The molecule has 0 saturated heterocycles. The molecule has 0 fully saturated rings. The molecule has 32 heavy (non-hydrogen) atoms. The lowest BCUT2D eigenvalue weighted by Crippen LogP contribution is -2.23. The Morgan fingerprint density at radius 3 is 2.09 bits per heavy atom. The van der Waals surface area contributed by atoms with E-state index in [1.54, 1.807) is 31.2 Å². The van der Waals surface area contributed by atoms with Crippen molar-refractivity contribution in [3.63, 3.8) is 0 Å². The van der Waals surface area contributed by atoms with Crippen LogP contribution in [0.25, 0.3) is 0 Å². The quantitative estimate of drug-likeness (QED) is 0.253. The lowest BCUT2D eigenvalue weighted by molar-refractivity contribution is -0.138. The molecule has 172 valence electrons. The monoisotopic (exact) mass is 457 g/mol. The Morgan fingerprint density at radius 2 is 1.59 bits per heavy atom. The van der Waals surface area contributed by atoms with Crippen LogP contribution in [0.5, 0.6) is 0 Å². The van der Waals surface area contributed by atoms with Gasteiger partial charge in [-0.05, 0) is 61.4 Å². The summed E-state index contributed by atoms with van der Waals surface area (Å²) in [5.74, 6) is -0.135. The molecule has 0 aromatic heterocycles. The number of hydrogen-bond acceptors (Lipinski definition) is 7. The molecule has 1 atom stereocenters. The van der Waals surface area contributed by atoms with Crippen molar-refractivity contribution in [2.24, 2.45) is 16.1 Å². The number of anilines is 1. The average molecular weight is 458 g/mol. The molecule has 7 nitrogen and oxygen atoms in total. The molecule has 2 aromatic carbocycles. The van der Waals surface area contributed by atoms with Crippen LogP contribution in [-0.2, 0) is 19.4 Å². The highest BCUT2D eigenvalue weighted by Gasteiger charge is 2.17. The second-order valence-corrected chi connectivity index (χ2v) is 9.88. The first-order valence-electron chi connectivity index (χ1n) is 10.5. The number of likely N-dealkylation sites (N-methyl/N-ethyl adjacent to an activating group) is 1. The SMILES string of the molecule is C=C(C)C(=O)OCCN(C)c1ccc(/N=N/c2ccc(S(=O)(=O)CC(C)CC)cc2)cc1. The third-order valence-corrected chi connectivity index (χ3v) is 6.97. The second kappa shape index (κ2) is 11.6. The van der Waals surface area contributed by atoms with Gasteiger partial charge in [-0.15, -0.1) is 0 Å². The van der Waals surface area contributed by atoms with E-state index in [1.807, 2.05) is 50.1 Å². The fraction of sp³-hybridized carbons (Fsp3) is 0.375. The van der Waals surface area contributed by atoms with Gasteiger partial charge in [0.15, 0.2) is 9.84 Å². The van der Waals surface area contributed by atoms with Crippen LogP contribution in [0.4, 0.5) is 17.1 Å². The van der Waals surface area contributed by atoms with Gasteiger partial charge in [0.05, 0.1) is 28.6 Å². The first-order valence-corrected chi connectivity index (χ1v) is 12.2. The summed E-state index contributed by atoms with van der Waals surface area (Å²) < 4.78 is 30.0. The molecule has 0 aliphatic rings. The number of rotatable bonds is 11. The van der Waals surface area contributed by atoms with Crippen molar-refractivity contribution in [2.45, 2.75) is 32.1 Å². The molecule has 0 amide bonds. The third-order valence-electron chi connectivity index (χ3n) is 4.98. The highest BCUT2D eigenvalue weighted by molar-refractivity contribution is 7.91. The molecule has 0 aliphatic carbocycles. The summed E-state index contributed by atoms with van der Waals surface area (Å²) in [5, 5.41) is 8.40. The van der Waals surface area contributed by atoms with Crippen LogP contribution in [0, 0.1) is 5.92 Å². The largest absolute Gasteiger partial charge is 0.460 e. The Hall–Kier alpha value is -3.00. The molecule has 0 radical (unpaired) electrons. The van der Waals surface area contributed by atoms with Gasteiger partial charge in [-0.3, -0.25) is 0 Å². The van der Waals surface area contributed by atoms with Crippen LogP contribution in [0.2, 0.25) is 0 Å². The first kappa shape index (κ1) is 25.3. The van der Waals surface area contributed by atoms with Gasteiger partial charge in [-0.1, -0.05) is 26.8 Å². The number of carbonyl (C=O) groups is 1. The van der Waals surface area contributed by atoms with Crippen molar-refractivity contribution in [1.29, 1.82) is 0 Å². The van der Waals surface area contributed by atoms with E-state index < -0.39 is 15.8 Å². The van der Waals surface area contributed by atoms with Crippen LogP contribution in [0.3, 0.4) is 0 Å². The molecule has 0 saturated carbocycles. The van der Waals surface area contributed by atoms with Gasteiger partial charge in [-0.25, -0.2) is 13.2 Å². The average Bonchev–Trinajstić information content (AvgIpc) is 2.77. The third kappa shape index (κ3) is 7.60. The Kier molecular flexibility index (Phi) is 9.13. The second-order valence-electron chi connectivity index (χ2n) is 7.84. The summed E-state index contributed by atoms with van der Waals surface area (Å²) >= 11 is 0. The van der Waals surface area contributed by atoms with E-state index in [2.05, 4.69) is 16.8 Å². The number of esters is 1. The normalized spacial score (nSPS) is 12.5.